The molecule has 0 aromatic heterocycles. The van der Waals surface area contributed by atoms with Crippen LogP contribution in [0.3, 0.4) is 0 Å². The van der Waals surface area contributed by atoms with Gasteiger partial charge in [0, 0.05) is 6.04 Å². The number of aliphatic hydroxyl groups is 3. The molecule has 4 N–H and O–H groups in total. The van der Waals surface area contributed by atoms with Crippen LogP contribution < -0.4 is 10.1 Å². The molecule has 142 valence electrons. The minimum atomic E-state index is -1.33. The highest BCUT2D eigenvalue weighted by Gasteiger charge is 2.39. The van der Waals surface area contributed by atoms with Crippen LogP contribution in [-0.4, -0.2) is 58.7 Å². The predicted molar refractivity (Wildman–Crippen MR) is 93.5 cm³/mol. The zero-order chi connectivity index (χ0) is 18.6. The maximum absolute atomic E-state index is 10.0. The summed E-state index contributed by atoms with van der Waals surface area (Å²) in [5, 5.41) is 32.6. The lowest BCUT2D eigenvalue weighted by Crippen LogP contribution is -2.54. The first-order valence-corrected chi connectivity index (χ1v) is 8.61. The number of aliphatic hydroxyl groups excluding tert-OH is 3. The molecule has 1 aromatic carbocycles. The van der Waals surface area contributed by atoms with Crippen LogP contribution in [0.25, 0.3) is 0 Å². The number of anilines is 1. The van der Waals surface area contributed by atoms with Gasteiger partial charge in [0.2, 0.25) is 6.29 Å². The average molecular weight is 355 g/mol. The molecule has 25 heavy (non-hydrogen) atoms. The minimum absolute atomic E-state index is 0.101. The average Bonchev–Trinajstić information content (AvgIpc) is 2.54. The fraction of sp³-hybridized carbons (Fsp3) is 0.667. The molecule has 1 fully saturated rings. The Labute approximate surface area is 148 Å². The van der Waals surface area contributed by atoms with E-state index >= 15 is 0 Å². The van der Waals surface area contributed by atoms with Gasteiger partial charge in [-0.1, -0.05) is 6.07 Å². The van der Waals surface area contributed by atoms with E-state index in [1.165, 1.54) is 0 Å². The molecule has 4 atom stereocenters. The van der Waals surface area contributed by atoms with Crippen molar-refractivity contribution < 1.29 is 29.5 Å². The molecule has 1 heterocycles. The fourth-order valence-electron chi connectivity index (χ4n) is 2.46. The minimum Gasteiger partial charge on any atom is -0.460 e. The first kappa shape index (κ1) is 19.9. The summed E-state index contributed by atoms with van der Waals surface area (Å²) in [5.41, 5.74) is 1.74. The van der Waals surface area contributed by atoms with Crippen molar-refractivity contribution in [2.75, 3.05) is 11.9 Å². The Hall–Kier alpha value is -1.38. The maximum atomic E-state index is 10.0. The van der Waals surface area contributed by atoms with E-state index in [1.54, 1.807) is 6.07 Å². The highest BCUT2D eigenvalue weighted by molar-refractivity contribution is 5.58. The van der Waals surface area contributed by atoms with Crippen LogP contribution in [0.15, 0.2) is 18.2 Å². The van der Waals surface area contributed by atoms with Crippen molar-refractivity contribution in [3.8, 4) is 5.75 Å². The van der Waals surface area contributed by atoms with E-state index in [4.69, 9.17) is 14.2 Å². The summed E-state index contributed by atoms with van der Waals surface area (Å²) >= 11 is 0. The van der Waals surface area contributed by atoms with Crippen molar-refractivity contribution in [2.45, 2.75) is 71.0 Å². The van der Waals surface area contributed by atoms with Crippen molar-refractivity contribution >= 4 is 5.69 Å². The van der Waals surface area contributed by atoms with Gasteiger partial charge in [-0.2, -0.15) is 0 Å². The molecule has 0 radical (unpaired) electrons. The van der Waals surface area contributed by atoms with Gasteiger partial charge in [-0.15, -0.1) is 0 Å². The number of ether oxygens (including phenoxy) is 3. The molecule has 0 aliphatic carbocycles. The molecule has 0 unspecified atom stereocenters. The van der Waals surface area contributed by atoms with Crippen molar-refractivity contribution in [1.29, 1.82) is 0 Å². The standard InChI is InChI=1S/C18H29NO6/c1-10(2)19-13-7-12(8-23-11(3)4)5-6-15(13)25-18-17(22)16(21)14(20)9-24-18/h5-7,10-11,14,16-22H,8-9H2,1-4H3/t14-,16+,17-,18+/m1/s1. The van der Waals surface area contributed by atoms with Crippen molar-refractivity contribution in [3.05, 3.63) is 23.8 Å². The zero-order valence-corrected chi connectivity index (χ0v) is 15.2. The van der Waals surface area contributed by atoms with Gasteiger partial charge >= 0.3 is 0 Å². The third-order valence-corrected chi connectivity index (χ3v) is 3.77. The molecular formula is C18H29NO6. The monoisotopic (exact) mass is 355 g/mol. The number of nitrogens with one attached hydrogen (secondary N) is 1. The van der Waals surface area contributed by atoms with Gasteiger partial charge in [-0.25, -0.2) is 0 Å². The summed E-state index contributed by atoms with van der Waals surface area (Å²) in [6, 6.07) is 5.76. The molecule has 0 spiro atoms. The van der Waals surface area contributed by atoms with Gasteiger partial charge in [0.1, 0.15) is 24.1 Å². The largest absolute Gasteiger partial charge is 0.460 e. The second-order valence-electron chi connectivity index (χ2n) is 6.86. The lowest BCUT2D eigenvalue weighted by atomic mass is 10.1. The molecule has 7 nitrogen and oxygen atoms in total. The summed E-state index contributed by atoms with van der Waals surface area (Å²) in [4.78, 5) is 0. The molecule has 0 amide bonds. The predicted octanol–water partition coefficient (Wildman–Crippen LogP) is 1.25. The number of benzene rings is 1. The smallest absolute Gasteiger partial charge is 0.228 e. The molecule has 1 aromatic rings. The van der Waals surface area contributed by atoms with E-state index in [0.29, 0.717) is 12.4 Å². The number of rotatable bonds is 7. The van der Waals surface area contributed by atoms with E-state index in [9.17, 15) is 15.3 Å². The highest BCUT2D eigenvalue weighted by atomic mass is 16.7. The summed E-state index contributed by atoms with van der Waals surface area (Å²) in [6.07, 6.45) is -4.68. The molecule has 1 aliphatic heterocycles. The lowest BCUT2D eigenvalue weighted by molar-refractivity contribution is -0.241. The van der Waals surface area contributed by atoms with E-state index < -0.39 is 24.6 Å². The quantitative estimate of drug-likeness (QED) is 0.584. The third kappa shape index (κ3) is 5.55. The number of hydrogen-bond acceptors (Lipinski definition) is 7. The summed E-state index contributed by atoms with van der Waals surface area (Å²) in [7, 11) is 0. The maximum Gasteiger partial charge on any atom is 0.228 e. The fourth-order valence-corrected chi connectivity index (χ4v) is 2.46. The van der Waals surface area contributed by atoms with Crippen molar-refractivity contribution in [2.24, 2.45) is 0 Å². The zero-order valence-electron chi connectivity index (χ0n) is 15.2. The first-order valence-electron chi connectivity index (χ1n) is 8.61. The van der Waals surface area contributed by atoms with Gasteiger partial charge in [0.15, 0.2) is 0 Å². The van der Waals surface area contributed by atoms with Crippen LogP contribution in [0.1, 0.15) is 33.3 Å². The Morgan fingerprint density at radius 1 is 1.16 bits per heavy atom. The topological polar surface area (TPSA) is 100 Å². The van der Waals surface area contributed by atoms with Crippen LogP contribution in [0.5, 0.6) is 5.75 Å². The number of hydrogen-bond donors (Lipinski definition) is 4. The Bertz CT molecular complexity index is 550. The van der Waals surface area contributed by atoms with E-state index in [1.807, 2.05) is 39.8 Å². The summed E-state index contributed by atoms with van der Waals surface area (Å²) < 4.78 is 16.7. The second kappa shape index (κ2) is 8.82. The second-order valence-corrected chi connectivity index (χ2v) is 6.86. The molecule has 0 bridgehead atoms. The van der Waals surface area contributed by atoms with Gasteiger partial charge in [0.25, 0.3) is 0 Å². The van der Waals surface area contributed by atoms with E-state index in [0.717, 1.165) is 11.3 Å². The van der Waals surface area contributed by atoms with Gasteiger partial charge in [0.05, 0.1) is 25.0 Å². The highest BCUT2D eigenvalue weighted by Crippen LogP contribution is 2.30. The van der Waals surface area contributed by atoms with E-state index in [2.05, 4.69) is 5.32 Å². The Morgan fingerprint density at radius 2 is 1.88 bits per heavy atom. The normalized spacial score (nSPS) is 26.9. The molecule has 2 rings (SSSR count). The molecule has 1 saturated heterocycles. The Kier molecular flexibility index (Phi) is 7.04. The molecular weight excluding hydrogens is 326 g/mol. The lowest BCUT2D eigenvalue weighted by Gasteiger charge is -2.35. The molecule has 7 heteroatoms. The van der Waals surface area contributed by atoms with Crippen molar-refractivity contribution in [1.82, 2.24) is 0 Å². The Morgan fingerprint density at radius 3 is 2.52 bits per heavy atom. The van der Waals surface area contributed by atoms with Crippen LogP contribution in [0.2, 0.25) is 0 Å². The van der Waals surface area contributed by atoms with Crippen LogP contribution in [0, 0.1) is 0 Å². The summed E-state index contributed by atoms with van der Waals surface area (Å²) in [6.45, 7) is 8.35. The van der Waals surface area contributed by atoms with Crippen LogP contribution in [0.4, 0.5) is 5.69 Å². The SMILES string of the molecule is CC(C)Nc1cc(COC(C)C)ccc1O[C@@H]1OC[C@@H](O)[C@H](O)[C@H]1O. The van der Waals surface area contributed by atoms with E-state index in [-0.39, 0.29) is 18.8 Å². The molecule has 0 saturated carbocycles. The van der Waals surface area contributed by atoms with Gasteiger partial charge in [-0.3, -0.25) is 0 Å². The molecule has 1 aliphatic rings. The van der Waals surface area contributed by atoms with Crippen LogP contribution in [-0.2, 0) is 16.1 Å². The summed E-state index contributed by atoms with van der Waals surface area (Å²) in [5.74, 6) is 0.495. The van der Waals surface area contributed by atoms with Crippen molar-refractivity contribution in [3.63, 3.8) is 0 Å². The van der Waals surface area contributed by atoms with Gasteiger partial charge < -0.3 is 34.8 Å². The third-order valence-electron chi connectivity index (χ3n) is 3.77. The van der Waals surface area contributed by atoms with Gasteiger partial charge in [-0.05, 0) is 45.4 Å². The first-order chi connectivity index (χ1) is 11.8. The Balaban J connectivity index is 2.15. The van der Waals surface area contributed by atoms with Crippen LogP contribution >= 0.6 is 0 Å².